The average molecular weight is 580 g/mol. The summed E-state index contributed by atoms with van der Waals surface area (Å²) in [6, 6.07) is 18.8. The molecular weight excluding hydrogens is 551 g/mol. The zero-order valence-electron chi connectivity index (χ0n) is 20.3. The summed E-state index contributed by atoms with van der Waals surface area (Å²) in [6.07, 6.45) is 1.84. The van der Waals surface area contributed by atoms with Crippen LogP contribution in [0.4, 0.5) is 22.7 Å². The average Bonchev–Trinajstić information content (AvgIpc) is 3.21. The molecule has 0 amide bonds. The first-order valence-electron chi connectivity index (χ1n) is 11.5. The van der Waals surface area contributed by atoms with Crippen LogP contribution in [0.2, 0.25) is 0 Å². The Morgan fingerprint density at radius 2 is 2.00 bits per heavy atom. The highest BCUT2D eigenvalue weighted by Gasteiger charge is 2.14. The van der Waals surface area contributed by atoms with Crippen LogP contribution in [-0.2, 0) is 7.05 Å². The van der Waals surface area contributed by atoms with E-state index in [1.807, 2.05) is 38.1 Å². The van der Waals surface area contributed by atoms with Crippen molar-refractivity contribution in [2.75, 3.05) is 37.9 Å². The number of halogens is 1. The van der Waals surface area contributed by atoms with Gasteiger partial charge in [-0.3, -0.25) is 0 Å². The number of imidazole rings is 1. The van der Waals surface area contributed by atoms with Crippen LogP contribution in [0.3, 0.4) is 0 Å². The van der Waals surface area contributed by atoms with Crippen LogP contribution in [0.1, 0.15) is 11.1 Å². The van der Waals surface area contributed by atoms with Crippen molar-refractivity contribution in [1.82, 2.24) is 14.5 Å². The summed E-state index contributed by atoms with van der Waals surface area (Å²) >= 11 is -0.351. The molecule has 1 aliphatic heterocycles. The van der Waals surface area contributed by atoms with E-state index in [9.17, 15) is 0 Å². The molecule has 0 atom stereocenters. The smallest absolute Gasteiger partial charge is 0.120 e. The molecule has 2 heterocycles. The molecule has 0 saturated carbocycles. The third-order valence-electron chi connectivity index (χ3n) is 5.83. The number of likely N-dealkylation sites (N-methyl/N-ethyl adjacent to an activating group) is 1. The van der Waals surface area contributed by atoms with Crippen LogP contribution in [0, 0.1) is 6.92 Å². The van der Waals surface area contributed by atoms with Crippen molar-refractivity contribution in [2.24, 2.45) is 12.0 Å². The maximum atomic E-state index is 5.96. The molecule has 1 aromatic heterocycles. The van der Waals surface area contributed by atoms with E-state index in [4.69, 9.17) is 9.73 Å². The summed E-state index contributed by atoms with van der Waals surface area (Å²) < 4.78 is 11.3. The molecule has 4 aromatic rings. The van der Waals surface area contributed by atoms with Crippen LogP contribution in [0.5, 0.6) is 5.75 Å². The van der Waals surface area contributed by atoms with Crippen molar-refractivity contribution in [3.63, 3.8) is 0 Å². The molecule has 7 nitrogen and oxygen atoms in total. The standard InChI is InChI=1S/C27H29IN6O/c1-18-13-19(5-8-23(18)31-20-6-10-26-25(14-20)30-17-34(26)4)32-27-22-15-21(35-12-11-33(2)3)7-9-24(22)29-16-28-27/h5-10,13-17,29,31H,11-12H2,1-4H3. The predicted molar refractivity (Wildman–Crippen MR) is 156 cm³/mol. The molecule has 0 saturated heterocycles. The summed E-state index contributed by atoms with van der Waals surface area (Å²) in [5.74, 6) is 0.881. The Bertz CT molecular complexity index is 1440. The third kappa shape index (κ3) is 5.38. The number of aliphatic imine (C=N–C) groups is 1. The van der Waals surface area contributed by atoms with Gasteiger partial charge in [-0.25, -0.2) is 9.98 Å². The molecule has 0 spiro atoms. The SMILES string of the molecule is Cc1cc(N=C2I=CNc3ccc(OCCN(C)C)cc32)ccc1Nc1ccc2c(c1)ncn2C. The number of anilines is 3. The topological polar surface area (TPSA) is 66.7 Å². The van der Waals surface area contributed by atoms with Crippen LogP contribution < -0.4 is 15.4 Å². The molecule has 3 aromatic carbocycles. The lowest BCUT2D eigenvalue weighted by Crippen LogP contribution is -2.19. The maximum Gasteiger partial charge on any atom is 0.120 e. The molecule has 1 aliphatic rings. The van der Waals surface area contributed by atoms with Gasteiger partial charge in [-0.1, -0.05) is 0 Å². The normalized spacial score (nSPS) is 14.0. The summed E-state index contributed by atoms with van der Waals surface area (Å²) in [6.45, 7) is 3.65. The molecule has 0 aliphatic carbocycles. The second kappa shape index (κ2) is 10.2. The van der Waals surface area contributed by atoms with Gasteiger partial charge in [0.25, 0.3) is 0 Å². The van der Waals surface area contributed by atoms with Crippen LogP contribution in [-0.4, -0.2) is 49.6 Å². The summed E-state index contributed by atoms with van der Waals surface area (Å²) in [4.78, 5) is 11.6. The number of nitrogens with zero attached hydrogens (tertiary/aromatic N) is 4. The van der Waals surface area contributed by atoms with Crippen molar-refractivity contribution >= 4 is 62.4 Å². The molecular formula is C27H29IN6O. The molecule has 5 rings (SSSR count). The Hall–Kier alpha value is -3.24. The van der Waals surface area contributed by atoms with E-state index in [1.54, 1.807) is 0 Å². The highest BCUT2D eigenvalue weighted by molar-refractivity contribution is 14.2. The molecule has 180 valence electrons. The van der Waals surface area contributed by atoms with Gasteiger partial charge < -0.3 is 24.8 Å². The zero-order valence-corrected chi connectivity index (χ0v) is 22.5. The van der Waals surface area contributed by atoms with E-state index in [1.165, 1.54) is 0 Å². The molecule has 2 N–H and O–H groups in total. The van der Waals surface area contributed by atoms with E-state index < -0.39 is 0 Å². The Morgan fingerprint density at radius 1 is 1.11 bits per heavy atom. The van der Waals surface area contributed by atoms with Crippen molar-refractivity contribution in [1.29, 1.82) is 0 Å². The highest BCUT2D eigenvalue weighted by Crippen LogP contribution is 2.33. The van der Waals surface area contributed by atoms with Gasteiger partial charge in [0, 0.05) is 40.4 Å². The first-order chi connectivity index (χ1) is 17.0. The van der Waals surface area contributed by atoms with Crippen molar-refractivity contribution in [3.05, 3.63) is 72.1 Å². The quantitative estimate of drug-likeness (QED) is 0.271. The first kappa shape index (κ1) is 23.5. The molecule has 0 bridgehead atoms. The Labute approximate surface area is 215 Å². The highest BCUT2D eigenvalue weighted by atomic mass is 127. The fraction of sp³-hybridized carbons (Fsp3) is 0.222. The van der Waals surface area contributed by atoms with E-state index in [-0.39, 0.29) is 20.7 Å². The minimum Gasteiger partial charge on any atom is -0.492 e. The fourth-order valence-corrected chi connectivity index (χ4v) is 5.86. The van der Waals surface area contributed by atoms with Gasteiger partial charge in [0.1, 0.15) is 16.1 Å². The van der Waals surface area contributed by atoms with Crippen molar-refractivity contribution in [2.45, 2.75) is 6.92 Å². The second-order valence-electron chi connectivity index (χ2n) is 8.81. The van der Waals surface area contributed by atoms with E-state index in [2.05, 4.69) is 80.1 Å². The number of aromatic nitrogens is 2. The number of rotatable bonds is 7. The molecule has 8 heteroatoms. The number of fused-ring (bicyclic) bond motifs is 2. The monoisotopic (exact) mass is 580 g/mol. The van der Waals surface area contributed by atoms with Crippen molar-refractivity contribution in [3.8, 4) is 5.75 Å². The molecule has 35 heavy (non-hydrogen) atoms. The van der Waals surface area contributed by atoms with Crippen LogP contribution in [0.15, 0.2) is 65.9 Å². The number of hydrogen-bond acceptors (Lipinski definition) is 6. The number of ether oxygens (including phenoxy) is 1. The maximum absolute atomic E-state index is 5.96. The van der Waals surface area contributed by atoms with Gasteiger partial charge in [-0.05, 0) is 102 Å². The summed E-state index contributed by atoms with van der Waals surface area (Å²) in [7, 11) is 6.10. The lowest BCUT2D eigenvalue weighted by atomic mass is 10.1. The van der Waals surface area contributed by atoms with Crippen LogP contribution in [0.25, 0.3) is 11.0 Å². The van der Waals surface area contributed by atoms with Gasteiger partial charge in [0.15, 0.2) is 0 Å². The van der Waals surface area contributed by atoms with Gasteiger partial charge in [0.05, 0.1) is 23.0 Å². The minimum atomic E-state index is -0.351. The van der Waals surface area contributed by atoms with Gasteiger partial charge in [0.2, 0.25) is 0 Å². The molecule has 0 fully saturated rings. The number of nitrogens with one attached hydrogen (secondary N) is 2. The number of hydrogen-bond donors (Lipinski definition) is 2. The fourth-order valence-electron chi connectivity index (χ4n) is 3.88. The number of benzene rings is 3. The lowest BCUT2D eigenvalue weighted by Gasteiger charge is -2.17. The zero-order chi connectivity index (χ0) is 24.4. The minimum absolute atomic E-state index is 0.351. The van der Waals surface area contributed by atoms with Gasteiger partial charge in [-0.15, -0.1) is 0 Å². The Kier molecular flexibility index (Phi) is 6.83. The summed E-state index contributed by atoms with van der Waals surface area (Å²) in [5.41, 5.74) is 8.50. The number of aryl methyl sites for hydroxylation is 2. The third-order valence-corrected chi connectivity index (χ3v) is 7.87. The first-order valence-corrected chi connectivity index (χ1v) is 13.8. The summed E-state index contributed by atoms with van der Waals surface area (Å²) in [5, 5.41) is 6.93. The van der Waals surface area contributed by atoms with E-state index in [0.717, 1.165) is 60.9 Å². The predicted octanol–water partition coefficient (Wildman–Crippen LogP) is 5.80. The largest absolute Gasteiger partial charge is 0.492 e. The van der Waals surface area contributed by atoms with Gasteiger partial charge >= 0.3 is 0 Å². The van der Waals surface area contributed by atoms with Crippen molar-refractivity contribution < 1.29 is 4.74 Å². The van der Waals surface area contributed by atoms with E-state index in [0.29, 0.717) is 6.61 Å². The van der Waals surface area contributed by atoms with Gasteiger partial charge in [-0.2, -0.15) is 0 Å². The van der Waals surface area contributed by atoms with E-state index >= 15 is 0 Å². The Morgan fingerprint density at radius 3 is 2.83 bits per heavy atom. The molecule has 0 radical (unpaired) electrons. The lowest BCUT2D eigenvalue weighted by molar-refractivity contribution is 0.261. The Balaban J connectivity index is 1.36. The van der Waals surface area contributed by atoms with Crippen LogP contribution >= 0.6 is 20.7 Å². The second-order valence-corrected chi connectivity index (χ2v) is 11.1. The molecule has 0 unspecified atom stereocenters.